The van der Waals surface area contributed by atoms with Gasteiger partial charge in [-0.3, -0.25) is 0 Å². The van der Waals surface area contributed by atoms with Gasteiger partial charge in [-0.25, -0.2) is 0 Å². The van der Waals surface area contributed by atoms with E-state index in [1.807, 2.05) is 12.1 Å². The zero-order valence-electron chi connectivity index (χ0n) is 10.8. The van der Waals surface area contributed by atoms with Crippen molar-refractivity contribution in [3.63, 3.8) is 0 Å². The Balaban J connectivity index is 1.81. The van der Waals surface area contributed by atoms with Crippen LogP contribution in [0, 0.1) is 0 Å². The minimum atomic E-state index is 0.632. The van der Waals surface area contributed by atoms with Gasteiger partial charge in [0.25, 0.3) is 0 Å². The maximum absolute atomic E-state index is 6.21. The van der Waals surface area contributed by atoms with E-state index in [-0.39, 0.29) is 0 Å². The number of nitrogens with one attached hydrogen (secondary N) is 1. The zero-order valence-corrected chi connectivity index (χ0v) is 13.1. The molecule has 1 saturated heterocycles. The van der Waals surface area contributed by atoms with E-state index in [2.05, 4.69) is 39.1 Å². The van der Waals surface area contributed by atoms with Gasteiger partial charge < -0.3 is 10.2 Å². The fourth-order valence-corrected chi connectivity index (χ4v) is 3.11. The van der Waals surface area contributed by atoms with Gasteiger partial charge in [0.15, 0.2) is 0 Å². The second-order valence-corrected chi connectivity index (χ2v) is 6.15. The average molecular weight is 332 g/mol. The van der Waals surface area contributed by atoms with Crippen molar-refractivity contribution in [1.82, 2.24) is 10.2 Å². The zero-order chi connectivity index (χ0) is 13.0. The van der Waals surface area contributed by atoms with Crippen molar-refractivity contribution in [2.75, 3.05) is 19.6 Å². The van der Waals surface area contributed by atoms with E-state index >= 15 is 0 Å². The van der Waals surface area contributed by atoms with E-state index in [9.17, 15) is 0 Å². The third-order valence-corrected chi connectivity index (χ3v) is 4.48. The summed E-state index contributed by atoms with van der Waals surface area (Å²) in [4.78, 5) is 2.50. The molecular formula is C14H20BrClN2. The van der Waals surface area contributed by atoms with Crippen LogP contribution in [0.2, 0.25) is 5.02 Å². The summed E-state index contributed by atoms with van der Waals surface area (Å²) < 4.78 is 1.03. The quantitative estimate of drug-likeness (QED) is 0.905. The Kier molecular flexibility index (Phi) is 5.49. The molecule has 0 bridgehead atoms. The third-order valence-electron chi connectivity index (χ3n) is 3.63. The summed E-state index contributed by atoms with van der Waals surface area (Å²) in [7, 11) is 0. The Labute approximate surface area is 123 Å². The predicted molar refractivity (Wildman–Crippen MR) is 81.1 cm³/mol. The molecule has 1 aliphatic heterocycles. The molecule has 0 aliphatic carbocycles. The summed E-state index contributed by atoms with van der Waals surface area (Å²) in [6, 6.07) is 6.72. The highest BCUT2D eigenvalue weighted by atomic mass is 79.9. The predicted octanol–water partition coefficient (Wildman–Crippen LogP) is 3.68. The standard InChI is InChI=1S/C14H20BrClN2/c1-2-18-7-5-13(6-8-18)17-10-11-3-4-12(15)9-14(11)16/h3-4,9,13,17H,2,5-8,10H2,1H3. The Morgan fingerprint density at radius 3 is 2.72 bits per heavy atom. The second-order valence-electron chi connectivity index (χ2n) is 4.83. The van der Waals surface area contributed by atoms with E-state index in [1.165, 1.54) is 38.0 Å². The smallest absolute Gasteiger partial charge is 0.0462 e. The highest BCUT2D eigenvalue weighted by Crippen LogP contribution is 2.21. The molecule has 2 rings (SSSR count). The number of halogens is 2. The molecule has 0 saturated carbocycles. The molecule has 0 unspecified atom stereocenters. The maximum atomic E-state index is 6.21. The molecule has 1 aromatic rings. The number of rotatable bonds is 4. The molecule has 2 nitrogen and oxygen atoms in total. The Hall–Kier alpha value is -0.0900. The van der Waals surface area contributed by atoms with Crippen molar-refractivity contribution < 1.29 is 0 Å². The molecule has 0 aromatic heterocycles. The summed E-state index contributed by atoms with van der Waals surface area (Å²) >= 11 is 9.64. The van der Waals surface area contributed by atoms with Crippen LogP contribution in [0.5, 0.6) is 0 Å². The first-order valence-corrected chi connectivity index (χ1v) is 7.76. The van der Waals surface area contributed by atoms with Gasteiger partial charge in [-0.2, -0.15) is 0 Å². The van der Waals surface area contributed by atoms with E-state index in [0.717, 1.165) is 16.0 Å². The largest absolute Gasteiger partial charge is 0.310 e. The molecule has 1 fully saturated rings. The van der Waals surface area contributed by atoms with Crippen molar-refractivity contribution in [2.24, 2.45) is 0 Å². The molecule has 4 heteroatoms. The van der Waals surface area contributed by atoms with Crippen molar-refractivity contribution >= 4 is 27.5 Å². The van der Waals surface area contributed by atoms with Gasteiger partial charge in [0.1, 0.15) is 0 Å². The molecule has 0 atom stereocenters. The van der Waals surface area contributed by atoms with Gasteiger partial charge in [0, 0.05) is 22.1 Å². The van der Waals surface area contributed by atoms with E-state index < -0.39 is 0 Å². The minimum Gasteiger partial charge on any atom is -0.310 e. The fourth-order valence-electron chi connectivity index (χ4n) is 2.37. The molecular weight excluding hydrogens is 312 g/mol. The monoisotopic (exact) mass is 330 g/mol. The van der Waals surface area contributed by atoms with Crippen LogP contribution in [0.15, 0.2) is 22.7 Å². The van der Waals surface area contributed by atoms with Gasteiger partial charge in [-0.1, -0.05) is 40.5 Å². The highest BCUT2D eigenvalue weighted by Gasteiger charge is 2.17. The first kappa shape index (κ1) is 14.3. The lowest BCUT2D eigenvalue weighted by atomic mass is 10.0. The molecule has 1 heterocycles. The van der Waals surface area contributed by atoms with Crippen LogP contribution in [0.3, 0.4) is 0 Å². The number of likely N-dealkylation sites (tertiary alicyclic amines) is 1. The van der Waals surface area contributed by atoms with Gasteiger partial charge in [0.2, 0.25) is 0 Å². The Morgan fingerprint density at radius 2 is 2.11 bits per heavy atom. The van der Waals surface area contributed by atoms with E-state index in [0.29, 0.717) is 6.04 Å². The number of nitrogens with zero attached hydrogens (tertiary/aromatic N) is 1. The van der Waals surface area contributed by atoms with Crippen LogP contribution in [0.1, 0.15) is 25.3 Å². The van der Waals surface area contributed by atoms with Crippen molar-refractivity contribution in [2.45, 2.75) is 32.4 Å². The van der Waals surface area contributed by atoms with Gasteiger partial charge in [-0.15, -0.1) is 0 Å². The molecule has 1 N–H and O–H groups in total. The van der Waals surface area contributed by atoms with Crippen LogP contribution in [0.4, 0.5) is 0 Å². The SMILES string of the molecule is CCN1CCC(NCc2ccc(Br)cc2Cl)CC1. The number of hydrogen-bond acceptors (Lipinski definition) is 2. The van der Waals surface area contributed by atoms with Crippen LogP contribution >= 0.6 is 27.5 Å². The number of hydrogen-bond donors (Lipinski definition) is 1. The first-order valence-electron chi connectivity index (χ1n) is 6.58. The van der Waals surface area contributed by atoms with Gasteiger partial charge in [0.05, 0.1) is 0 Å². The maximum Gasteiger partial charge on any atom is 0.0462 e. The van der Waals surface area contributed by atoms with Crippen molar-refractivity contribution in [3.8, 4) is 0 Å². The molecule has 0 radical (unpaired) electrons. The van der Waals surface area contributed by atoms with E-state index in [1.54, 1.807) is 0 Å². The lowest BCUT2D eigenvalue weighted by molar-refractivity contribution is 0.206. The normalized spacial score (nSPS) is 18.2. The minimum absolute atomic E-state index is 0.632. The fraction of sp³-hybridized carbons (Fsp3) is 0.571. The van der Waals surface area contributed by atoms with Gasteiger partial charge >= 0.3 is 0 Å². The second kappa shape index (κ2) is 6.90. The first-order chi connectivity index (χ1) is 8.69. The highest BCUT2D eigenvalue weighted by molar-refractivity contribution is 9.10. The van der Waals surface area contributed by atoms with Crippen LogP contribution < -0.4 is 5.32 Å². The number of piperidine rings is 1. The number of benzene rings is 1. The Morgan fingerprint density at radius 1 is 1.39 bits per heavy atom. The van der Waals surface area contributed by atoms with Crippen LogP contribution in [0.25, 0.3) is 0 Å². The molecule has 1 aromatic carbocycles. The summed E-state index contributed by atoms with van der Waals surface area (Å²) in [6.07, 6.45) is 2.48. The summed E-state index contributed by atoms with van der Waals surface area (Å²) in [5.74, 6) is 0. The van der Waals surface area contributed by atoms with E-state index in [4.69, 9.17) is 11.6 Å². The van der Waals surface area contributed by atoms with Crippen LogP contribution in [-0.4, -0.2) is 30.6 Å². The summed E-state index contributed by atoms with van der Waals surface area (Å²) in [6.45, 7) is 6.69. The molecule has 100 valence electrons. The summed E-state index contributed by atoms with van der Waals surface area (Å²) in [5, 5.41) is 4.45. The lowest BCUT2D eigenvalue weighted by Crippen LogP contribution is -2.42. The summed E-state index contributed by atoms with van der Waals surface area (Å²) in [5.41, 5.74) is 1.18. The molecule has 18 heavy (non-hydrogen) atoms. The lowest BCUT2D eigenvalue weighted by Gasteiger charge is -2.31. The average Bonchev–Trinajstić information content (AvgIpc) is 2.38. The Bertz CT molecular complexity index is 389. The van der Waals surface area contributed by atoms with Crippen LogP contribution in [-0.2, 0) is 6.54 Å². The van der Waals surface area contributed by atoms with Gasteiger partial charge in [-0.05, 0) is 50.2 Å². The topological polar surface area (TPSA) is 15.3 Å². The molecule has 1 aliphatic rings. The third kappa shape index (κ3) is 3.95. The molecule has 0 spiro atoms. The van der Waals surface area contributed by atoms with Crippen molar-refractivity contribution in [1.29, 1.82) is 0 Å². The molecule has 0 amide bonds. The van der Waals surface area contributed by atoms with Crippen molar-refractivity contribution in [3.05, 3.63) is 33.3 Å².